The molecule has 166 valence electrons. The molecule has 7 nitrogen and oxygen atoms in total. The number of aromatic nitrogens is 2. The van der Waals surface area contributed by atoms with E-state index < -0.39 is 0 Å². The molecule has 1 saturated heterocycles. The Bertz CT molecular complexity index is 1110. The van der Waals surface area contributed by atoms with Crippen LogP contribution in [0, 0.1) is 6.92 Å². The van der Waals surface area contributed by atoms with Gasteiger partial charge in [0.25, 0.3) is 0 Å². The smallest absolute Gasteiger partial charge is 0.234 e. The third kappa shape index (κ3) is 5.03. The molecule has 2 aromatic carbocycles. The van der Waals surface area contributed by atoms with Gasteiger partial charge in [0.1, 0.15) is 0 Å². The second-order valence-electron chi connectivity index (χ2n) is 7.89. The number of nitrogens with zero attached hydrogens (tertiary/aromatic N) is 3. The third-order valence-electron chi connectivity index (χ3n) is 5.67. The highest BCUT2D eigenvalue weighted by Crippen LogP contribution is 2.25. The van der Waals surface area contributed by atoms with E-state index in [2.05, 4.69) is 28.2 Å². The molecule has 1 fully saturated rings. The van der Waals surface area contributed by atoms with E-state index in [1.54, 1.807) is 6.20 Å². The number of amides is 2. The quantitative estimate of drug-likeness (QED) is 0.515. The lowest BCUT2D eigenvalue weighted by atomic mass is 10.1. The zero-order chi connectivity index (χ0) is 22.5. The summed E-state index contributed by atoms with van der Waals surface area (Å²) in [7, 11) is 0. The number of imidazole rings is 1. The van der Waals surface area contributed by atoms with Gasteiger partial charge in [-0.05, 0) is 49.6 Å². The van der Waals surface area contributed by atoms with Gasteiger partial charge in [-0.25, -0.2) is 4.98 Å². The molecule has 0 spiro atoms. The topological polar surface area (TPSA) is 93.2 Å². The summed E-state index contributed by atoms with van der Waals surface area (Å²) in [5.74, 6) is -0.149. The number of carbonyl (C=O) groups is 2. The van der Waals surface area contributed by atoms with Crippen molar-refractivity contribution < 1.29 is 9.59 Å². The van der Waals surface area contributed by atoms with Crippen molar-refractivity contribution in [3.8, 4) is 5.69 Å². The Morgan fingerprint density at radius 2 is 1.97 bits per heavy atom. The van der Waals surface area contributed by atoms with Gasteiger partial charge in [0, 0.05) is 24.6 Å². The second-order valence-corrected chi connectivity index (χ2v) is 8.83. The molecule has 32 heavy (non-hydrogen) atoms. The minimum Gasteiger partial charge on any atom is -0.368 e. The molecule has 1 aromatic heterocycles. The Labute approximate surface area is 192 Å². The first-order valence-corrected chi connectivity index (χ1v) is 11.6. The number of hydrogen-bond acceptors (Lipinski definition) is 5. The Hall–Kier alpha value is -3.10. The fourth-order valence-corrected chi connectivity index (χ4v) is 4.83. The zero-order valence-electron chi connectivity index (χ0n) is 18.0. The van der Waals surface area contributed by atoms with Gasteiger partial charge in [-0.15, -0.1) is 0 Å². The Balaban J connectivity index is 1.40. The minimum atomic E-state index is -0.287. The van der Waals surface area contributed by atoms with Crippen LogP contribution in [0.4, 0.5) is 5.69 Å². The van der Waals surface area contributed by atoms with Gasteiger partial charge in [-0.2, -0.15) is 0 Å². The molecule has 8 heteroatoms. The molecule has 0 bridgehead atoms. The molecular weight excluding hydrogens is 422 g/mol. The SMILES string of the molecule is Cc1ccccc1-n1ccnc1SCC(=O)Nc1ccccc1CN1CCCC1C(N)=O. The summed E-state index contributed by atoms with van der Waals surface area (Å²) >= 11 is 1.40. The van der Waals surface area contributed by atoms with Gasteiger partial charge in [-0.3, -0.25) is 19.1 Å². The highest BCUT2D eigenvalue weighted by molar-refractivity contribution is 7.99. The van der Waals surface area contributed by atoms with Gasteiger partial charge in [0.05, 0.1) is 17.5 Å². The van der Waals surface area contributed by atoms with Crippen LogP contribution in [0.25, 0.3) is 5.69 Å². The maximum absolute atomic E-state index is 12.7. The van der Waals surface area contributed by atoms with E-state index in [1.165, 1.54) is 11.8 Å². The number of hydrogen-bond donors (Lipinski definition) is 2. The van der Waals surface area contributed by atoms with Crippen molar-refractivity contribution >= 4 is 29.3 Å². The van der Waals surface area contributed by atoms with E-state index in [0.29, 0.717) is 6.54 Å². The molecule has 1 unspecified atom stereocenters. The Morgan fingerprint density at radius 1 is 1.19 bits per heavy atom. The van der Waals surface area contributed by atoms with Crippen molar-refractivity contribution in [3.05, 3.63) is 72.1 Å². The molecule has 2 amide bonds. The van der Waals surface area contributed by atoms with Crippen molar-refractivity contribution in [1.29, 1.82) is 0 Å². The number of aryl methyl sites for hydroxylation is 1. The number of rotatable bonds is 8. The highest BCUT2D eigenvalue weighted by atomic mass is 32.2. The Kier molecular flexibility index (Phi) is 6.92. The van der Waals surface area contributed by atoms with Crippen LogP contribution in [0.1, 0.15) is 24.0 Å². The number of primary amides is 1. The summed E-state index contributed by atoms with van der Waals surface area (Å²) in [6, 6.07) is 15.5. The molecule has 0 radical (unpaired) electrons. The van der Waals surface area contributed by atoms with Crippen LogP contribution in [0.5, 0.6) is 0 Å². The highest BCUT2D eigenvalue weighted by Gasteiger charge is 2.29. The first-order valence-electron chi connectivity index (χ1n) is 10.7. The van der Waals surface area contributed by atoms with E-state index in [4.69, 9.17) is 5.73 Å². The molecule has 0 saturated carbocycles. The summed E-state index contributed by atoms with van der Waals surface area (Å²) < 4.78 is 2.00. The third-order valence-corrected chi connectivity index (χ3v) is 6.64. The largest absolute Gasteiger partial charge is 0.368 e. The maximum Gasteiger partial charge on any atom is 0.234 e. The average molecular weight is 450 g/mol. The molecule has 1 aliphatic rings. The lowest BCUT2D eigenvalue weighted by Gasteiger charge is -2.23. The maximum atomic E-state index is 12.7. The molecule has 3 aromatic rings. The van der Waals surface area contributed by atoms with E-state index >= 15 is 0 Å². The fraction of sp³-hybridized carbons (Fsp3) is 0.292. The molecule has 1 aliphatic heterocycles. The standard InChI is InChI=1S/C24H27N5O2S/c1-17-7-2-5-10-20(17)29-14-12-26-24(29)32-16-22(30)27-19-9-4-3-8-18(19)15-28-13-6-11-21(28)23(25)31/h2-5,7-10,12,14,21H,6,11,13,15-16H2,1H3,(H2,25,31)(H,27,30). The number of anilines is 1. The van der Waals surface area contributed by atoms with E-state index in [1.807, 2.05) is 53.2 Å². The van der Waals surface area contributed by atoms with Crippen LogP contribution in [-0.2, 0) is 16.1 Å². The zero-order valence-corrected chi connectivity index (χ0v) is 18.8. The van der Waals surface area contributed by atoms with Gasteiger partial charge < -0.3 is 11.1 Å². The summed E-state index contributed by atoms with van der Waals surface area (Å²) in [6.45, 7) is 3.46. The number of likely N-dealkylation sites (tertiary alicyclic amines) is 1. The molecule has 0 aliphatic carbocycles. The molecule has 2 heterocycles. The van der Waals surface area contributed by atoms with Gasteiger partial charge >= 0.3 is 0 Å². The van der Waals surface area contributed by atoms with Crippen molar-refractivity contribution in [2.24, 2.45) is 5.73 Å². The summed E-state index contributed by atoms with van der Waals surface area (Å²) in [5.41, 5.74) is 9.47. The van der Waals surface area contributed by atoms with Gasteiger partial charge in [0.2, 0.25) is 11.8 Å². The minimum absolute atomic E-state index is 0.102. The number of nitrogens with two attached hydrogens (primary N) is 1. The Morgan fingerprint density at radius 3 is 2.78 bits per heavy atom. The van der Waals surface area contributed by atoms with E-state index in [9.17, 15) is 9.59 Å². The molecule has 3 N–H and O–H groups in total. The van der Waals surface area contributed by atoms with Crippen LogP contribution in [0.15, 0.2) is 66.1 Å². The van der Waals surface area contributed by atoms with Crippen LogP contribution < -0.4 is 11.1 Å². The normalized spacial score (nSPS) is 16.2. The van der Waals surface area contributed by atoms with Crippen molar-refractivity contribution in [2.75, 3.05) is 17.6 Å². The van der Waals surface area contributed by atoms with Crippen LogP contribution in [-0.4, -0.2) is 44.6 Å². The lowest BCUT2D eigenvalue weighted by Crippen LogP contribution is -2.39. The van der Waals surface area contributed by atoms with Crippen LogP contribution in [0.3, 0.4) is 0 Å². The first kappa shape index (κ1) is 22.1. The van der Waals surface area contributed by atoms with Crippen LogP contribution >= 0.6 is 11.8 Å². The van der Waals surface area contributed by atoms with Gasteiger partial charge in [0.15, 0.2) is 5.16 Å². The van der Waals surface area contributed by atoms with Crippen molar-refractivity contribution in [2.45, 2.75) is 37.5 Å². The average Bonchev–Trinajstić information content (AvgIpc) is 3.43. The summed E-state index contributed by atoms with van der Waals surface area (Å²) in [5, 5.41) is 3.79. The molecule has 1 atom stereocenters. The monoisotopic (exact) mass is 449 g/mol. The summed E-state index contributed by atoms with van der Waals surface area (Å²) in [6.07, 6.45) is 5.39. The number of nitrogens with one attached hydrogen (secondary N) is 1. The second kappa shape index (κ2) is 10.0. The fourth-order valence-electron chi connectivity index (χ4n) is 4.07. The number of benzene rings is 2. The van der Waals surface area contributed by atoms with E-state index in [-0.39, 0.29) is 23.6 Å². The van der Waals surface area contributed by atoms with Crippen molar-refractivity contribution in [3.63, 3.8) is 0 Å². The van der Waals surface area contributed by atoms with Crippen molar-refractivity contribution in [1.82, 2.24) is 14.5 Å². The number of thioether (sulfide) groups is 1. The first-order chi connectivity index (χ1) is 15.5. The number of carbonyl (C=O) groups excluding carboxylic acids is 2. The predicted molar refractivity (Wildman–Crippen MR) is 127 cm³/mol. The van der Waals surface area contributed by atoms with Gasteiger partial charge in [-0.1, -0.05) is 48.2 Å². The predicted octanol–water partition coefficient (Wildman–Crippen LogP) is 3.36. The van der Waals surface area contributed by atoms with E-state index in [0.717, 1.165) is 47.0 Å². The molecule has 4 rings (SSSR count). The van der Waals surface area contributed by atoms with Crippen LogP contribution in [0.2, 0.25) is 0 Å². The lowest BCUT2D eigenvalue weighted by molar-refractivity contribution is -0.122. The number of para-hydroxylation sites is 2. The summed E-state index contributed by atoms with van der Waals surface area (Å²) in [4.78, 5) is 30.9. The molecular formula is C24H27N5O2S.